The summed E-state index contributed by atoms with van der Waals surface area (Å²) in [7, 11) is 4.49. The van der Waals surface area contributed by atoms with E-state index in [1.54, 1.807) is 0 Å². The molecular formula is C13H30N2. The zero-order valence-corrected chi connectivity index (χ0v) is 11.6. The van der Waals surface area contributed by atoms with Crippen molar-refractivity contribution in [3.05, 3.63) is 0 Å². The normalized spacial score (nSPS) is 26.6. The molecule has 0 N–H and O–H groups in total. The first-order valence-electron chi connectivity index (χ1n) is 6.48. The van der Waals surface area contributed by atoms with Crippen molar-refractivity contribution in [2.24, 2.45) is 0 Å². The summed E-state index contributed by atoms with van der Waals surface area (Å²) in [6.07, 6.45) is 3.95. The Morgan fingerprint density at radius 3 is 2.33 bits per heavy atom. The molecule has 0 amide bonds. The number of hydrogen-bond donors (Lipinski definition) is 0. The lowest BCUT2D eigenvalue weighted by atomic mass is 9.99. The zero-order chi connectivity index (χ0) is 11.9. The van der Waals surface area contributed by atoms with Crippen LogP contribution in [0.5, 0.6) is 0 Å². The molecule has 0 aliphatic carbocycles. The van der Waals surface area contributed by atoms with Gasteiger partial charge >= 0.3 is 0 Å². The molecular weight excluding hydrogens is 184 g/mol. The number of nitrogens with zero attached hydrogens (tertiary/aromatic N) is 2. The SMILES string of the molecule is CC.CCCCN(C)C1(C)CCN(C)C1. The molecule has 0 aromatic rings. The minimum absolute atomic E-state index is 0.434. The van der Waals surface area contributed by atoms with Gasteiger partial charge in [0, 0.05) is 12.1 Å². The van der Waals surface area contributed by atoms with Gasteiger partial charge < -0.3 is 4.90 Å². The molecule has 1 fully saturated rings. The van der Waals surface area contributed by atoms with Crippen molar-refractivity contribution >= 4 is 0 Å². The maximum absolute atomic E-state index is 2.54. The first-order chi connectivity index (χ1) is 7.08. The van der Waals surface area contributed by atoms with E-state index in [0.29, 0.717) is 5.54 Å². The van der Waals surface area contributed by atoms with Gasteiger partial charge in [0.1, 0.15) is 0 Å². The van der Waals surface area contributed by atoms with Gasteiger partial charge in [0.15, 0.2) is 0 Å². The molecule has 1 atom stereocenters. The van der Waals surface area contributed by atoms with Crippen LogP contribution in [0.4, 0.5) is 0 Å². The summed E-state index contributed by atoms with van der Waals surface area (Å²) in [6, 6.07) is 0. The fourth-order valence-electron chi connectivity index (χ4n) is 2.15. The van der Waals surface area contributed by atoms with E-state index in [0.717, 1.165) is 0 Å². The molecule has 1 saturated heterocycles. The summed E-state index contributed by atoms with van der Waals surface area (Å²) < 4.78 is 0. The number of unbranched alkanes of at least 4 members (excludes halogenated alkanes) is 1. The maximum atomic E-state index is 2.54. The molecule has 92 valence electrons. The average molecular weight is 214 g/mol. The summed E-state index contributed by atoms with van der Waals surface area (Å²) in [5.74, 6) is 0. The molecule has 2 nitrogen and oxygen atoms in total. The Morgan fingerprint density at radius 1 is 1.33 bits per heavy atom. The standard InChI is InChI=1S/C11H24N2.C2H6/c1-5-6-8-13(4)11(2)7-9-12(3)10-11;1-2/h5-10H2,1-4H3;1-2H3. The second kappa shape index (κ2) is 7.24. The highest BCUT2D eigenvalue weighted by Gasteiger charge is 2.34. The molecule has 0 saturated carbocycles. The number of likely N-dealkylation sites (N-methyl/N-ethyl adjacent to an activating group) is 2. The fraction of sp³-hybridized carbons (Fsp3) is 1.00. The van der Waals surface area contributed by atoms with Crippen LogP contribution in [0.1, 0.15) is 47.0 Å². The summed E-state index contributed by atoms with van der Waals surface area (Å²) in [5, 5.41) is 0. The Kier molecular flexibility index (Phi) is 7.20. The van der Waals surface area contributed by atoms with Crippen LogP contribution in [0.25, 0.3) is 0 Å². The Hall–Kier alpha value is -0.0800. The van der Waals surface area contributed by atoms with Crippen LogP contribution in [0, 0.1) is 0 Å². The molecule has 0 spiro atoms. The van der Waals surface area contributed by atoms with Crippen LogP contribution in [0.15, 0.2) is 0 Å². The lowest BCUT2D eigenvalue weighted by Crippen LogP contribution is -2.46. The predicted molar refractivity (Wildman–Crippen MR) is 69.4 cm³/mol. The highest BCUT2D eigenvalue weighted by molar-refractivity contribution is 4.93. The van der Waals surface area contributed by atoms with Crippen LogP contribution in [0.3, 0.4) is 0 Å². The van der Waals surface area contributed by atoms with E-state index in [9.17, 15) is 0 Å². The van der Waals surface area contributed by atoms with E-state index in [1.807, 2.05) is 13.8 Å². The fourth-order valence-corrected chi connectivity index (χ4v) is 2.15. The highest BCUT2D eigenvalue weighted by atomic mass is 15.3. The quantitative estimate of drug-likeness (QED) is 0.710. The van der Waals surface area contributed by atoms with Crippen molar-refractivity contribution in [3.8, 4) is 0 Å². The molecule has 1 aliphatic heterocycles. The van der Waals surface area contributed by atoms with Crippen molar-refractivity contribution in [1.82, 2.24) is 9.80 Å². The molecule has 0 aromatic carbocycles. The predicted octanol–water partition coefficient (Wildman–Crippen LogP) is 2.84. The summed E-state index contributed by atoms with van der Waals surface area (Å²) >= 11 is 0. The summed E-state index contributed by atoms with van der Waals surface area (Å²) in [5.41, 5.74) is 0.434. The van der Waals surface area contributed by atoms with Crippen LogP contribution in [-0.4, -0.2) is 49.1 Å². The molecule has 1 heterocycles. The van der Waals surface area contributed by atoms with E-state index in [2.05, 4.69) is 37.7 Å². The molecule has 0 bridgehead atoms. The Labute approximate surface area is 96.6 Å². The number of likely N-dealkylation sites (tertiary alicyclic amines) is 1. The lowest BCUT2D eigenvalue weighted by molar-refractivity contribution is 0.143. The van der Waals surface area contributed by atoms with Gasteiger partial charge in [-0.05, 0) is 47.0 Å². The molecule has 2 heteroatoms. The van der Waals surface area contributed by atoms with Crippen molar-refractivity contribution < 1.29 is 0 Å². The van der Waals surface area contributed by atoms with Gasteiger partial charge in [-0.15, -0.1) is 0 Å². The van der Waals surface area contributed by atoms with Crippen molar-refractivity contribution in [2.45, 2.75) is 52.5 Å². The van der Waals surface area contributed by atoms with E-state index in [1.165, 1.54) is 38.9 Å². The summed E-state index contributed by atoms with van der Waals surface area (Å²) in [4.78, 5) is 4.97. The topological polar surface area (TPSA) is 6.48 Å². The van der Waals surface area contributed by atoms with Crippen molar-refractivity contribution in [3.63, 3.8) is 0 Å². The van der Waals surface area contributed by atoms with Gasteiger partial charge in [0.05, 0.1) is 0 Å². The van der Waals surface area contributed by atoms with Gasteiger partial charge in [-0.2, -0.15) is 0 Å². The van der Waals surface area contributed by atoms with Crippen LogP contribution >= 0.6 is 0 Å². The lowest BCUT2D eigenvalue weighted by Gasteiger charge is -2.35. The zero-order valence-electron chi connectivity index (χ0n) is 11.6. The monoisotopic (exact) mass is 214 g/mol. The molecule has 0 aromatic heterocycles. The Morgan fingerprint density at radius 2 is 1.93 bits per heavy atom. The van der Waals surface area contributed by atoms with Gasteiger partial charge in [-0.3, -0.25) is 4.90 Å². The van der Waals surface area contributed by atoms with Crippen molar-refractivity contribution in [2.75, 3.05) is 33.7 Å². The third-order valence-electron chi connectivity index (χ3n) is 3.41. The number of rotatable bonds is 4. The van der Waals surface area contributed by atoms with E-state index in [4.69, 9.17) is 0 Å². The van der Waals surface area contributed by atoms with Gasteiger partial charge in [-0.25, -0.2) is 0 Å². The minimum atomic E-state index is 0.434. The van der Waals surface area contributed by atoms with E-state index in [-0.39, 0.29) is 0 Å². The highest BCUT2D eigenvalue weighted by Crippen LogP contribution is 2.25. The third kappa shape index (κ3) is 4.52. The summed E-state index contributed by atoms with van der Waals surface area (Å²) in [6.45, 7) is 12.4. The number of hydrogen-bond acceptors (Lipinski definition) is 2. The average Bonchev–Trinajstić information content (AvgIpc) is 2.59. The Balaban J connectivity index is 0.000000921. The van der Waals surface area contributed by atoms with Crippen LogP contribution in [0.2, 0.25) is 0 Å². The third-order valence-corrected chi connectivity index (χ3v) is 3.41. The molecule has 1 rings (SSSR count). The maximum Gasteiger partial charge on any atom is 0.0317 e. The van der Waals surface area contributed by atoms with Crippen LogP contribution < -0.4 is 0 Å². The van der Waals surface area contributed by atoms with Gasteiger partial charge in [0.25, 0.3) is 0 Å². The second-order valence-corrected chi connectivity index (χ2v) is 4.76. The molecule has 0 radical (unpaired) electrons. The smallest absolute Gasteiger partial charge is 0.0317 e. The van der Waals surface area contributed by atoms with Crippen molar-refractivity contribution in [1.29, 1.82) is 0 Å². The molecule has 15 heavy (non-hydrogen) atoms. The first kappa shape index (κ1) is 14.9. The second-order valence-electron chi connectivity index (χ2n) is 4.76. The largest absolute Gasteiger partial charge is 0.304 e. The Bertz CT molecular complexity index is 159. The first-order valence-corrected chi connectivity index (χ1v) is 6.48. The van der Waals surface area contributed by atoms with E-state index >= 15 is 0 Å². The minimum Gasteiger partial charge on any atom is -0.304 e. The molecule has 1 aliphatic rings. The van der Waals surface area contributed by atoms with Gasteiger partial charge in [0.2, 0.25) is 0 Å². The molecule has 1 unspecified atom stereocenters. The van der Waals surface area contributed by atoms with Crippen LogP contribution in [-0.2, 0) is 0 Å². The van der Waals surface area contributed by atoms with E-state index < -0.39 is 0 Å². The van der Waals surface area contributed by atoms with Gasteiger partial charge in [-0.1, -0.05) is 27.2 Å².